The van der Waals surface area contributed by atoms with Crippen LogP contribution < -0.4 is 10.2 Å². The van der Waals surface area contributed by atoms with E-state index in [2.05, 4.69) is 53.3 Å². The minimum atomic E-state index is 1.06. The molecule has 0 radical (unpaired) electrons. The molecule has 0 aliphatic carbocycles. The maximum atomic E-state index is 4.69. The number of hydrogen-bond acceptors (Lipinski definition) is 3. The molecule has 2 aromatic rings. The van der Waals surface area contributed by atoms with Crippen LogP contribution in [0.4, 0.5) is 5.69 Å². The van der Waals surface area contributed by atoms with Gasteiger partial charge in [0, 0.05) is 42.9 Å². The van der Waals surface area contributed by atoms with Crippen LogP contribution in [0.5, 0.6) is 0 Å². The highest BCUT2D eigenvalue weighted by Gasteiger charge is 2.14. The van der Waals surface area contributed by atoms with Crippen LogP contribution in [-0.2, 0) is 0 Å². The molecule has 0 spiro atoms. The van der Waals surface area contributed by atoms with Gasteiger partial charge in [-0.1, -0.05) is 18.2 Å². The van der Waals surface area contributed by atoms with Crippen molar-refractivity contribution in [3.63, 3.8) is 0 Å². The molecular weight excluding hydrogens is 222 g/mol. The third kappa shape index (κ3) is 1.95. The largest absolute Gasteiger partial charge is 0.368 e. The summed E-state index contributed by atoms with van der Waals surface area (Å²) in [4.78, 5) is 7.15. The summed E-state index contributed by atoms with van der Waals surface area (Å²) < 4.78 is 0. The number of fused-ring (bicyclic) bond motifs is 1. The van der Waals surface area contributed by atoms with Crippen LogP contribution in [0, 0.1) is 13.8 Å². The third-order valence-electron chi connectivity index (χ3n) is 3.61. The molecular formula is C15H19N3. The summed E-state index contributed by atoms with van der Waals surface area (Å²) in [5, 5.41) is 4.68. The Bertz CT molecular complexity index is 571. The zero-order valence-electron chi connectivity index (χ0n) is 11.0. The normalized spacial score (nSPS) is 16.2. The van der Waals surface area contributed by atoms with Crippen molar-refractivity contribution in [1.82, 2.24) is 10.3 Å². The number of hydrogen-bond donors (Lipinski definition) is 1. The Morgan fingerprint density at radius 3 is 2.72 bits per heavy atom. The van der Waals surface area contributed by atoms with Crippen molar-refractivity contribution < 1.29 is 0 Å². The number of aryl methyl sites for hydroxylation is 2. The van der Waals surface area contributed by atoms with Gasteiger partial charge in [0.1, 0.15) is 0 Å². The number of anilines is 1. The van der Waals surface area contributed by atoms with E-state index < -0.39 is 0 Å². The van der Waals surface area contributed by atoms with Crippen LogP contribution in [0.2, 0.25) is 0 Å². The quantitative estimate of drug-likeness (QED) is 0.830. The lowest BCUT2D eigenvalue weighted by Crippen LogP contribution is -2.43. The van der Waals surface area contributed by atoms with Gasteiger partial charge in [-0.05, 0) is 25.5 Å². The lowest BCUT2D eigenvalue weighted by atomic mass is 10.1. The van der Waals surface area contributed by atoms with E-state index >= 15 is 0 Å². The molecule has 1 saturated heterocycles. The van der Waals surface area contributed by atoms with Gasteiger partial charge in [0.2, 0.25) is 0 Å². The molecule has 18 heavy (non-hydrogen) atoms. The Hall–Kier alpha value is -1.61. The van der Waals surface area contributed by atoms with Gasteiger partial charge in [-0.2, -0.15) is 0 Å². The Morgan fingerprint density at radius 2 is 1.94 bits per heavy atom. The Kier molecular flexibility index (Phi) is 2.92. The molecule has 3 nitrogen and oxygen atoms in total. The molecule has 0 atom stereocenters. The maximum absolute atomic E-state index is 4.69. The van der Waals surface area contributed by atoms with Gasteiger partial charge < -0.3 is 10.2 Å². The minimum absolute atomic E-state index is 1.06. The van der Waals surface area contributed by atoms with Gasteiger partial charge in [0.25, 0.3) is 0 Å². The fourth-order valence-electron chi connectivity index (χ4n) is 2.67. The third-order valence-corrected chi connectivity index (χ3v) is 3.61. The number of piperazine rings is 1. The first-order valence-corrected chi connectivity index (χ1v) is 6.58. The predicted molar refractivity (Wildman–Crippen MR) is 76.3 cm³/mol. The number of aromatic nitrogens is 1. The van der Waals surface area contributed by atoms with E-state index in [4.69, 9.17) is 0 Å². The average molecular weight is 241 g/mol. The fraction of sp³-hybridized carbons (Fsp3) is 0.400. The molecule has 1 aromatic carbocycles. The Balaban J connectivity index is 2.18. The van der Waals surface area contributed by atoms with Gasteiger partial charge in [-0.3, -0.25) is 4.98 Å². The van der Waals surface area contributed by atoms with E-state index in [0.29, 0.717) is 0 Å². The minimum Gasteiger partial charge on any atom is -0.368 e. The van der Waals surface area contributed by atoms with Crippen LogP contribution >= 0.6 is 0 Å². The van der Waals surface area contributed by atoms with Gasteiger partial charge in [-0.15, -0.1) is 0 Å². The summed E-state index contributed by atoms with van der Waals surface area (Å²) in [5.41, 5.74) is 4.84. The van der Waals surface area contributed by atoms with Crippen molar-refractivity contribution >= 4 is 16.6 Å². The molecule has 1 fully saturated rings. The number of pyridine rings is 1. The monoisotopic (exact) mass is 241 g/mol. The summed E-state index contributed by atoms with van der Waals surface area (Å²) in [7, 11) is 0. The van der Waals surface area contributed by atoms with Crippen molar-refractivity contribution in [2.75, 3.05) is 31.1 Å². The molecule has 0 saturated carbocycles. The molecule has 1 aliphatic heterocycles. The lowest BCUT2D eigenvalue weighted by Gasteiger charge is -2.30. The Labute approximate surface area is 108 Å². The topological polar surface area (TPSA) is 28.2 Å². The predicted octanol–water partition coefficient (Wildman–Crippen LogP) is 2.26. The number of para-hydroxylation sites is 1. The molecule has 1 aliphatic rings. The first kappa shape index (κ1) is 11.5. The molecule has 0 unspecified atom stereocenters. The van der Waals surface area contributed by atoms with Gasteiger partial charge >= 0.3 is 0 Å². The van der Waals surface area contributed by atoms with Crippen molar-refractivity contribution in [3.8, 4) is 0 Å². The molecule has 3 rings (SSSR count). The van der Waals surface area contributed by atoms with Crippen molar-refractivity contribution in [3.05, 3.63) is 35.5 Å². The summed E-state index contributed by atoms with van der Waals surface area (Å²) in [6, 6.07) is 8.66. The van der Waals surface area contributed by atoms with Gasteiger partial charge in [0.05, 0.1) is 5.52 Å². The second-order valence-electron chi connectivity index (χ2n) is 4.99. The second kappa shape index (κ2) is 4.58. The standard InChI is InChI=1S/C15H19N3/c1-11-4-3-5-13-14(10-12(2)17-15(11)13)18-8-6-16-7-9-18/h3-5,10,16H,6-9H2,1-2H3. The molecule has 2 heterocycles. The first-order chi connectivity index (χ1) is 8.75. The van der Waals surface area contributed by atoms with E-state index in [9.17, 15) is 0 Å². The summed E-state index contributed by atoms with van der Waals surface area (Å²) >= 11 is 0. The molecule has 1 aromatic heterocycles. The van der Waals surface area contributed by atoms with Crippen LogP contribution in [0.3, 0.4) is 0 Å². The van der Waals surface area contributed by atoms with E-state index in [-0.39, 0.29) is 0 Å². The van der Waals surface area contributed by atoms with Crippen LogP contribution in [0.15, 0.2) is 24.3 Å². The smallest absolute Gasteiger partial charge is 0.0755 e. The van der Waals surface area contributed by atoms with E-state index in [0.717, 1.165) is 37.4 Å². The number of rotatable bonds is 1. The molecule has 1 N–H and O–H groups in total. The molecule has 3 heteroatoms. The van der Waals surface area contributed by atoms with Gasteiger partial charge in [0.15, 0.2) is 0 Å². The van der Waals surface area contributed by atoms with E-state index in [1.165, 1.54) is 16.6 Å². The highest BCUT2D eigenvalue weighted by Crippen LogP contribution is 2.28. The highest BCUT2D eigenvalue weighted by molar-refractivity contribution is 5.93. The van der Waals surface area contributed by atoms with E-state index in [1.54, 1.807) is 0 Å². The van der Waals surface area contributed by atoms with Crippen LogP contribution in [-0.4, -0.2) is 31.2 Å². The fourth-order valence-corrected chi connectivity index (χ4v) is 2.67. The Morgan fingerprint density at radius 1 is 1.17 bits per heavy atom. The maximum Gasteiger partial charge on any atom is 0.0755 e. The summed E-state index contributed by atoms with van der Waals surface area (Å²) in [5.74, 6) is 0. The number of nitrogens with one attached hydrogen (secondary N) is 1. The first-order valence-electron chi connectivity index (χ1n) is 6.58. The number of benzene rings is 1. The van der Waals surface area contributed by atoms with Crippen LogP contribution in [0.25, 0.3) is 10.9 Å². The number of nitrogens with zero attached hydrogens (tertiary/aromatic N) is 2. The summed E-state index contributed by atoms with van der Waals surface area (Å²) in [6.07, 6.45) is 0. The van der Waals surface area contributed by atoms with Crippen molar-refractivity contribution in [2.24, 2.45) is 0 Å². The second-order valence-corrected chi connectivity index (χ2v) is 4.99. The zero-order valence-corrected chi connectivity index (χ0v) is 11.0. The summed E-state index contributed by atoms with van der Waals surface area (Å²) in [6.45, 7) is 8.50. The van der Waals surface area contributed by atoms with E-state index in [1.807, 2.05) is 0 Å². The zero-order chi connectivity index (χ0) is 12.5. The van der Waals surface area contributed by atoms with Gasteiger partial charge in [-0.25, -0.2) is 0 Å². The van der Waals surface area contributed by atoms with Crippen molar-refractivity contribution in [2.45, 2.75) is 13.8 Å². The average Bonchev–Trinajstić information content (AvgIpc) is 2.40. The highest BCUT2D eigenvalue weighted by atomic mass is 15.2. The molecule has 0 amide bonds. The SMILES string of the molecule is Cc1cc(N2CCNCC2)c2cccc(C)c2n1. The lowest BCUT2D eigenvalue weighted by molar-refractivity contribution is 0.590. The van der Waals surface area contributed by atoms with Crippen LogP contribution in [0.1, 0.15) is 11.3 Å². The molecule has 0 bridgehead atoms. The van der Waals surface area contributed by atoms with Crippen molar-refractivity contribution in [1.29, 1.82) is 0 Å². The molecule has 94 valence electrons.